The molecule has 1 aromatic carbocycles. The topological polar surface area (TPSA) is 184 Å². The van der Waals surface area contributed by atoms with Crippen LogP contribution in [0.15, 0.2) is 35.7 Å². The lowest BCUT2D eigenvalue weighted by atomic mass is 10.1. The maximum atomic E-state index is 14.1. The van der Waals surface area contributed by atoms with Gasteiger partial charge in [-0.05, 0) is 50.7 Å². The first-order chi connectivity index (χ1) is 24.4. The van der Waals surface area contributed by atoms with E-state index in [0.29, 0.717) is 58.9 Å². The van der Waals surface area contributed by atoms with Gasteiger partial charge in [-0.2, -0.15) is 5.26 Å². The zero-order valence-corrected chi connectivity index (χ0v) is 30.3. The molecular weight excluding hydrogens is 718 g/mol. The summed E-state index contributed by atoms with van der Waals surface area (Å²) in [5.41, 5.74) is -0.448. The van der Waals surface area contributed by atoms with Gasteiger partial charge in [0, 0.05) is 42.8 Å². The van der Waals surface area contributed by atoms with Gasteiger partial charge in [0.1, 0.15) is 51.0 Å². The third-order valence-electron chi connectivity index (χ3n) is 9.81. The predicted molar refractivity (Wildman–Crippen MR) is 189 cm³/mol. The van der Waals surface area contributed by atoms with E-state index in [4.69, 9.17) is 26.1 Å². The highest BCUT2D eigenvalue weighted by molar-refractivity contribution is 7.91. The molecule has 3 fully saturated rings. The fraction of sp³-hybridized carbons (Fsp3) is 0.471. The van der Waals surface area contributed by atoms with E-state index in [1.807, 2.05) is 18.2 Å². The Morgan fingerprint density at radius 3 is 2.75 bits per heavy atom. The van der Waals surface area contributed by atoms with Crippen molar-refractivity contribution >= 4 is 61.7 Å². The van der Waals surface area contributed by atoms with E-state index in [1.165, 1.54) is 23.3 Å². The van der Waals surface area contributed by atoms with E-state index in [1.54, 1.807) is 35.5 Å². The van der Waals surface area contributed by atoms with Gasteiger partial charge in [0.15, 0.2) is 5.69 Å². The highest BCUT2D eigenvalue weighted by atomic mass is 35.5. The number of hydrogen-bond acceptors (Lipinski definition) is 11. The maximum absolute atomic E-state index is 14.1. The lowest BCUT2D eigenvalue weighted by molar-refractivity contribution is -0.134. The minimum absolute atomic E-state index is 0.00642. The minimum Gasteiger partial charge on any atom is -0.495 e. The van der Waals surface area contributed by atoms with Gasteiger partial charge in [0.2, 0.25) is 15.9 Å². The molecule has 51 heavy (non-hydrogen) atoms. The first-order valence-electron chi connectivity index (χ1n) is 16.7. The van der Waals surface area contributed by atoms with Crippen LogP contribution in [0.1, 0.15) is 50.6 Å². The van der Waals surface area contributed by atoms with Gasteiger partial charge < -0.3 is 24.6 Å². The maximum Gasteiger partial charge on any atom is 0.319 e. The summed E-state index contributed by atoms with van der Waals surface area (Å²) in [7, 11) is -0.673. The standard InChI is InChI=1S/C34H36ClN7O7S2/c1-41-12-6-4-3-5-7-19-15-34(19,32(44)40-51(46,47)22-8-9-22)39-33(45)42-17-21(13-25(42)31(41)43)49-27-14-24(30-37-20(16-36)18-50-30)38-29-23(27)10-11-26(48-2)28(29)35/h5,7,10-11,14,18-19,21-22,25H,3-4,6,8-9,12-13,15,17H2,1-2H3,(H,39,45)(H,40,44)/b7-5-/t19-,21+,25+,34-/m1/s1. The van der Waals surface area contributed by atoms with Crippen molar-refractivity contribution < 1.29 is 32.3 Å². The molecule has 7 rings (SSSR count). The number of carbonyl (C=O) groups is 3. The smallest absolute Gasteiger partial charge is 0.319 e. The van der Waals surface area contributed by atoms with Crippen LogP contribution in [0.5, 0.6) is 11.5 Å². The number of thiazole rings is 1. The third kappa shape index (κ3) is 6.82. The number of nitriles is 1. The van der Waals surface area contributed by atoms with Crippen molar-refractivity contribution in [2.24, 2.45) is 5.92 Å². The lowest BCUT2D eigenvalue weighted by Gasteiger charge is -2.30. The van der Waals surface area contributed by atoms with E-state index in [2.05, 4.69) is 15.0 Å². The van der Waals surface area contributed by atoms with Crippen LogP contribution in [0.3, 0.4) is 0 Å². The summed E-state index contributed by atoms with van der Waals surface area (Å²) in [5.74, 6) is -0.679. The van der Waals surface area contributed by atoms with Gasteiger partial charge in [-0.1, -0.05) is 23.8 Å². The number of halogens is 1. The average molecular weight is 754 g/mol. The van der Waals surface area contributed by atoms with Gasteiger partial charge in [0.25, 0.3) is 5.91 Å². The SMILES string of the molecule is COc1ccc2c(O[C@H]3C[C@H]4C(=O)N(C)CCCC/C=C\[C@@H]5C[C@@]5(C(=O)NS(=O)(=O)C5CC5)NC(=O)N4C3)cc(-c3nc(C#N)cs3)nc2c1Cl. The predicted octanol–water partition coefficient (Wildman–Crippen LogP) is 3.99. The number of nitrogens with zero attached hydrogens (tertiary/aromatic N) is 5. The Hall–Kier alpha value is -4.46. The molecular formula is C34H36ClN7O7S2. The van der Waals surface area contributed by atoms with Crippen LogP contribution in [0, 0.1) is 17.2 Å². The molecule has 17 heteroatoms. The number of amides is 4. The van der Waals surface area contributed by atoms with E-state index < -0.39 is 50.8 Å². The first-order valence-corrected chi connectivity index (χ1v) is 19.5. The summed E-state index contributed by atoms with van der Waals surface area (Å²) in [6.45, 7) is 0.490. The van der Waals surface area contributed by atoms with Gasteiger partial charge >= 0.3 is 6.03 Å². The summed E-state index contributed by atoms with van der Waals surface area (Å²) >= 11 is 7.95. The molecule has 2 aromatic heterocycles. The molecule has 4 heterocycles. The molecule has 2 aliphatic heterocycles. The van der Waals surface area contributed by atoms with E-state index in [-0.39, 0.29) is 36.0 Å². The molecule has 4 aliphatic rings. The summed E-state index contributed by atoms with van der Waals surface area (Å²) in [6.07, 6.45) is 6.74. The Kier molecular flexibility index (Phi) is 9.32. The number of sulfonamides is 1. The molecule has 14 nitrogen and oxygen atoms in total. The van der Waals surface area contributed by atoms with Gasteiger partial charge in [-0.25, -0.2) is 23.2 Å². The van der Waals surface area contributed by atoms with Gasteiger partial charge in [-0.15, -0.1) is 11.3 Å². The minimum atomic E-state index is -3.86. The number of methoxy groups -OCH3 is 1. The summed E-state index contributed by atoms with van der Waals surface area (Å²) in [5, 5.41) is 14.5. The Morgan fingerprint density at radius 2 is 2.02 bits per heavy atom. The molecule has 0 unspecified atom stereocenters. The largest absolute Gasteiger partial charge is 0.495 e. The fourth-order valence-electron chi connectivity index (χ4n) is 6.70. The molecule has 3 aromatic rings. The Balaban J connectivity index is 1.21. The van der Waals surface area contributed by atoms with E-state index in [9.17, 15) is 28.1 Å². The zero-order chi connectivity index (χ0) is 36.1. The summed E-state index contributed by atoms with van der Waals surface area (Å²) < 4.78 is 39.7. The molecule has 1 saturated heterocycles. The number of rotatable bonds is 7. The van der Waals surface area contributed by atoms with Crippen molar-refractivity contribution in [1.82, 2.24) is 29.8 Å². The Morgan fingerprint density at radius 1 is 1.22 bits per heavy atom. The number of likely N-dealkylation sites (N-methyl/N-ethyl adjacent to an activating group) is 1. The molecule has 0 radical (unpaired) electrons. The van der Waals surface area contributed by atoms with E-state index in [0.717, 1.165) is 12.8 Å². The van der Waals surface area contributed by atoms with Crippen molar-refractivity contribution in [3.05, 3.63) is 46.4 Å². The first kappa shape index (κ1) is 35.0. The second kappa shape index (κ2) is 13.6. The number of hydrogen-bond donors (Lipinski definition) is 2. The van der Waals surface area contributed by atoms with Crippen LogP contribution in [0.25, 0.3) is 21.6 Å². The Bertz CT molecular complexity index is 2100. The monoisotopic (exact) mass is 753 g/mol. The molecule has 2 aliphatic carbocycles. The number of nitrogens with one attached hydrogen (secondary N) is 2. The average Bonchev–Trinajstić information content (AvgIpc) is 3.99. The van der Waals surface area contributed by atoms with Crippen LogP contribution in [-0.4, -0.2) is 96.2 Å². The normalized spacial score (nSPS) is 26.0. The Labute approximate surface area is 303 Å². The highest BCUT2D eigenvalue weighted by Gasteiger charge is 2.62. The highest BCUT2D eigenvalue weighted by Crippen LogP contribution is 2.46. The van der Waals surface area contributed by atoms with Crippen LogP contribution >= 0.6 is 22.9 Å². The number of allylic oxidation sites excluding steroid dienone is 1. The van der Waals surface area contributed by atoms with Crippen LogP contribution in [0.4, 0.5) is 4.79 Å². The number of pyridine rings is 1. The number of ether oxygens (including phenoxy) is 2. The van der Waals surface area contributed by atoms with Crippen molar-refractivity contribution in [3.63, 3.8) is 0 Å². The van der Waals surface area contributed by atoms with Crippen molar-refractivity contribution in [2.75, 3.05) is 27.2 Å². The van der Waals surface area contributed by atoms with Gasteiger partial charge in [-0.3, -0.25) is 14.3 Å². The van der Waals surface area contributed by atoms with Gasteiger partial charge in [0.05, 0.1) is 24.4 Å². The molecule has 0 bridgehead atoms. The molecule has 4 amide bonds. The number of carbonyl (C=O) groups excluding carboxylic acids is 3. The number of aromatic nitrogens is 2. The fourth-order valence-corrected chi connectivity index (χ4v) is 9.05. The number of benzene rings is 1. The summed E-state index contributed by atoms with van der Waals surface area (Å²) in [6, 6.07) is 5.57. The third-order valence-corrected chi connectivity index (χ3v) is 12.9. The second-order valence-electron chi connectivity index (χ2n) is 13.3. The zero-order valence-electron chi connectivity index (χ0n) is 27.9. The van der Waals surface area contributed by atoms with Crippen LogP contribution in [0.2, 0.25) is 5.02 Å². The van der Waals surface area contributed by atoms with Crippen LogP contribution in [-0.2, 0) is 19.6 Å². The molecule has 4 atom stereocenters. The number of fused-ring (bicyclic) bond motifs is 3. The number of urea groups is 1. The quantitative estimate of drug-likeness (QED) is 0.335. The van der Waals surface area contributed by atoms with Crippen LogP contribution < -0.4 is 19.5 Å². The molecule has 268 valence electrons. The van der Waals surface area contributed by atoms with Crippen molar-refractivity contribution in [1.29, 1.82) is 5.26 Å². The lowest BCUT2D eigenvalue weighted by Crippen LogP contribution is -2.57. The summed E-state index contributed by atoms with van der Waals surface area (Å²) in [4.78, 5) is 53.7. The molecule has 2 N–H and O–H groups in total. The molecule has 2 saturated carbocycles. The van der Waals surface area contributed by atoms with E-state index >= 15 is 0 Å². The molecule has 0 spiro atoms. The van der Waals surface area contributed by atoms with Crippen molar-refractivity contribution in [2.45, 2.75) is 67.9 Å². The second-order valence-corrected chi connectivity index (χ2v) is 16.5. The van der Waals surface area contributed by atoms with Crippen molar-refractivity contribution in [3.8, 4) is 28.3 Å².